The lowest BCUT2D eigenvalue weighted by Crippen LogP contribution is -2.47. The smallest absolute Gasteiger partial charge is 0.0631 e. The Morgan fingerprint density at radius 1 is 1.44 bits per heavy atom. The van der Waals surface area contributed by atoms with Crippen LogP contribution in [0.25, 0.3) is 0 Å². The molecule has 3 atom stereocenters. The van der Waals surface area contributed by atoms with Gasteiger partial charge in [-0.3, -0.25) is 4.90 Å². The summed E-state index contributed by atoms with van der Waals surface area (Å²) in [6.07, 6.45) is 2.18. The van der Waals surface area contributed by atoms with Crippen LogP contribution < -0.4 is 0 Å². The van der Waals surface area contributed by atoms with Gasteiger partial charge in [0, 0.05) is 19.1 Å². The molecule has 2 rings (SSSR count). The highest BCUT2D eigenvalue weighted by molar-refractivity contribution is 4.92. The first-order valence-electron chi connectivity index (χ1n) is 6.50. The third kappa shape index (κ3) is 2.41. The van der Waals surface area contributed by atoms with Gasteiger partial charge in [-0.15, -0.1) is 0 Å². The van der Waals surface area contributed by atoms with Crippen LogP contribution in [0.15, 0.2) is 0 Å². The lowest BCUT2D eigenvalue weighted by molar-refractivity contribution is -0.0256. The molecule has 0 bridgehead atoms. The Bertz CT molecular complexity index is 242. The molecule has 94 valence electrons. The quantitative estimate of drug-likeness (QED) is 0.776. The molecule has 3 heteroatoms. The van der Waals surface area contributed by atoms with Crippen LogP contribution in [0.4, 0.5) is 0 Å². The molecule has 0 spiro atoms. The summed E-state index contributed by atoms with van der Waals surface area (Å²) in [5.74, 6) is 0.454. The van der Waals surface area contributed by atoms with Gasteiger partial charge in [-0.2, -0.15) is 0 Å². The van der Waals surface area contributed by atoms with Crippen LogP contribution >= 0.6 is 0 Å². The zero-order valence-corrected chi connectivity index (χ0v) is 10.8. The number of aliphatic hydroxyl groups is 1. The predicted octanol–water partition coefficient (Wildman–Crippen LogP) is 1.50. The molecule has 1 saturated carbocycles. The van der Waals surface area contributed by atoms with Gasteiger partial charge < -0.3 is 9.84 Å². The van der Waals surface area contributed by atoms with Gasteiger partial charge in [-0.25, -0.2) is 0 Å². The summed E-state index contributed by atoms with van der Waals surface area (Å²) in [4.78, 5) is 2.47. The molecule has 16 heavy (non-hydrogen) atoms. The average Bonchev–Trinajstić information content (AvgIpc) is 2.49. The number of morpholine rings is 1. The molecule has 2 fully saturated rings. The van der Waals surface area contributed by atoms with Crippen molar-refractivity contribution in [2.75, 3.05) is 26.3 Å². The van der Waals surface area contributed by atoms with E-state index in [4.69, 9.17) is 4.74 Å². The minimum Gasteiger partial charge on any atom is -0.392 e. The highest BCUT2D eigenvalue weighted by Crippen LogP contribution is 2.41. The van der Waals surface area contributed by atoms with Crippen molar-refractivity contribution in [2.45, 2.75) is 45.8 Å². The first-order chi connectivity index (χ1) is 7.50. The topological polar surface area (TPSA) is 32.7 Å². The summed E-state index contributed by atoms with van der Waals surface area (Å²) in [6, 6.07) is 0.504. The van der Waals surface area contributed by atoms with Crippen molar-refractivity contribution in [3.8, 4) is 0 Å². The minimum absolute atomic E-state index is 0.111. The number of rotatable bonds is 2. The first-order valence-corrected chi connectivity index (χ1v) is 6.50. The molecule has 1 aliphatic heterocycles. The SMILES string of the molecule is CC1COCCN1CC1CCC(C)(C)C1O. The number of aliphatic hydroxyl groups excluding tert-OH is 1. The Hall–Kier alpha value is -0.120. The minimum atomic E-state index is -0.137. The number of hydrogen-bond acceptors (Lipinski definition) is 3. The van der Waals surface area contributed by atoms with Gasteiger partial charge in [0.25, 0.3) is 0 Å². The van der Waals surface area contributed by atoms with Crippen LogP contribution in [0, 0.1) is 11.3 Å². The van der Waals surface area contributed by atoms with Crippen molar-refractivity contribution in [3.63, 3.8) is 0 Å². The molecular formula is C13H25NO2. The Kier molecular flexibility index (Phi) is 3.57. The largest absolute Gasteiger partial charge is 0.392 e. The summed E-state index contributed by atoms with van der Waals surface area (Å²) in [5, 5.41) is 10.3. The standard InChI is InChI=1S/C13H25NO2/c1-10-9-16-7-6-14(10)8-11-4-5-13(2,3)12(11)15/h10-12,15H,4-9H2,1-3H3. The zero-order valence-electron chi connectivity index (χ0n) is 10.8. The van der Waals surface area contributed by atoms with Gasteiger partial charge in [0.15, 0.2) is 0 Å². The van der Waals surface area contributed by atoms with E-state index in [0.717, 1.165) is 39.1 Å². The molecule has 2 aliphatic rings. The van der Waals surface area contributed by atoms with Crippen molar-refractivity contribution >= 4 is 0 Å². The maximum atomic E-state index is 10.3. The summed E-state index contributed by atoms with van der Waals surface area (Å²) in [7, 11) is 0. The molecule has 1 aliphatic carbocycles. The monoisotopic (exact) mass is 227 g/mol. The van der Waals surface area contributed by atoms with Crippen molar-refractivity contribution in [1.82, 2.24) is 4.90 Å². The van der Waals surface area contributed by atoms with Crippen LogP contribution in [0.5, 0.6) is 0 Å². The normalized spacial score (nSPS) is 40.1. The van der Waals surface area contributed by atoms with Crippen LogP contribution in [0.1, 0.15) is 33.6 Å². The summed E-state index contributed by atoms with van der Waals surface area (Å²) >= 11 is 0. The third-order valence-corrected chi connectivity index (χ3v) is 4.38. The molecule has 3 unspecified atom stereocenters. The second-order valence-electron chi connectivity index (χ2n) is 6.15. The maximum absolute atomic E-state index is 10.3. The molecule has 1 heterocycles. The molecule has 0 amide bonds. The van der Waals surface area contributed by atoms with Gasteiger partial charge >= 0.3 is 0 Å². The van der Waals surface area contributed by atoms with Gasteiger partial charge in [-0.05, 0) is 31.1 Å². The third-order valence-electron chi connectivity index (χ3n) is 4.38. The number of hydrogen-bond donors (Lipinski definition) is 1. The predicted molar refractivity (Wildman–Crippen MR) is 64.4 cm³/mol. The molecular weight excluding hydrogens is 202 g/mol. The highest BCUT2D eigenvalue weighted by Gasteiger charge is 2.41. The molecule has 0 aromatic carbocycles. The van der Waals surface area contributed by atoms with E-state index in [-0.39, 0.29) is 11.5 Å². The van der Waals surface area contributed by atoms with Crippen molar-refractivity contribution in [3.05, 3.63) is 0 Å². The first kappa shape index (κ1) is 12.3. The van der Waals surface area contributed by atoms with Gasteiger partial charge in [0.2, 0.25) is 0 Å². The summed E-state index contributed by atoms with van der Waals surface area (Å²) in [5.41, 5.74) is 0.111. The Balaban J connectivity index is 1.90. The van der Waals surface area contributed by atoms with Gasteiger partial charge in [-0.1, -0.05) is 13.8 Å². The van der Waals surface area contributed by atoms with E-state index in [1.165, 1.54) is 0 Å². The van der Waals surface area contributed by atoms with E-state index in [0.29, 0.717) is 12.0 Å². The lowest BCUT2D eigenvalue weighted by atomic mass is 9.87. The van der Waals surface area contributed by atoms with E-state index in [9.17, 15) is 5.11 Å². The molecule has 0 radical (unpaired) electrons. The van der Waals surface area contributed by atoms with Crippen LogP contribution in [-0.4, -0.2) is 48.5 Å². The second kappa shape index (κ2) is 4.63. The lowest BCUT2D eigenvalue weighted by Gasteiger charge is -2.36. The van der Waals surface area contributed by atoms with Gasteiger partial charge in [0.05, 0.1) is 19.3 Å². The fourth-order valence-electron chi connectivity index (χ4n) is 3.03. The van der Waals surface area contributed by atoms with E-state index in [2.05, 4.69) is 25.7 Å². The summed E-state index contributed by atoms with van der Waals surface area (Å²) < 4.78 is 5.44. The van der Waals surface area contributed by atoms with Crippen molar-refractivity contribution in [1.29, 1.82) is 0 Å². The van der Waals surface area contributed by atoms with E-state index >= 15 is 0 Å². The fraction of sp³-hybridized carbons (Fsp3) is 1.00. The Labute approximate surface area is 98.8 Å². The number of ether oxygens (including phenoxy) is 1. The van der Waals surface area contributed by atoms with Crippen molar-refractivity contribution < 1.29 is 9.84 Å². The van der Waals surface area contributed by atoms with Crippen molar-refractivity contribution in [2.24, 2.45) is 11.3 Å². The molecule has 0 aromatic heterocycles. The van der Waals surface area contributed by atoms with Crippen LogP contribution in [-0.2, 0) is 4.74 Å². The zero-order chi connectivity index (χ0) is 11.8. The Morgan fingerprint density at radius 3 is 2.75 bits per heavy atom. The highest BCUT2D eigenvalue weighted by atomic mass is 16.5. The van der Waals surface area contributed by atoms with E-state index < -0.39 is 0 Å². The fourth-order valence-corrected chi connectivity index (χ4v) is 3.03. The van der Waals surface area contributed by atoms with E-state index in [1.807, 2.05) is 0 Å². The molecule has 1 N–H and O–H groups in total. The van der Waals surface area contributed by atoms with Crippen LogP contribution in [0.2, 0.25) is 0 Å². The Morgan fingerprint density at radius 2 is 2.19 bits per heavy atom. The maximum Gasteiger partial charge on any atom is 0.0631 e. The molecule has 0 aromatic rings. The molecule has 3 nitrogen and oxygen atoms in total. The average molecular weight is 227 g/mol. The van der Waals surface area contributed by atoms with E-state index in [1.54, 1.807) is 0 Å². The van der Waals surface area contributed by atoms with Gasteiger partial charge in [0.1, 0.15) is 0 Å². The second-order valence-corrected chi connectivity index (χ2v) is 6.15. The number of nitrogens with zero attached hydrogens (tertiary/aromatic N) is 1. The molecule has 1 saturated heterocycles. The van der Waals surface area contributed by atoms with Crippen LogP contribution in [0.3, 0.4) is 0 Å². The summed E-state index contributed by atoms with van der Waals surface area (Å²) in [6.45, 7) is 10.3.